The number of carbonyl (C=O) groups is 1. The third-order valence-electron chi connectivity index (χ3n) is 2.89. The zero-order valence-electron chi connectivity index (χ0n) is 11.4. The molecule has 108 valence electrons. The van der Waals surface area contributed by atoms with Crippen LogP contribution in [-0.4, -0.2) is 36.9 Å². The van der Waals surface area contributed by atoms with Gasteiger partial charge in [0.1, 0.15) is 10.6 Å². The Balaban J connectivity index is 3.25. The van der Waals surface area contributed by atoms with Gasteiger partial charge in [-0.15, -0.1) is 0 Å². The lowest BCUT2D eigenvalue weighted by molar-refractivity contribution is 0.0762. The fourth-order valence-electron chi connectivity index (χ4n) is 1.89. The second-order valence-electron chi connectivity index (χ2n) is 4.17. The second-order valence-corrected chi connectivity index (χ2v) is 6.74. The smallest absolute Gasteiger partial charge is 0.270 e. The SMILES string of the molecule is CCCn1cc(S(=O)(=O)Cl)cc1C(=O)N(CC)CC. The standard InChI is InChI=1S/C12H19ClN2O3S/c1-4-7-15-9-10(19(13,17)18)8-11(15)12(16)14(5-2)6-3/h8-9H,4-7H2,1-3H3. The van der Waals surface area contributed by atoms with Crippen LogP contribution in [0.15, 0.2) is 17.2 Å². The molecule has 0 aliphatic carbocycles. The maximum absolute atomic E-state index is 12.3. The van der Waals surface area contributed by atoms with Crippen LogP contribution in [0.1, 0.15) is 37.7 Å². The summed E-state index contributed by atoms with van der Waals surface area (Å²) < 4.78 is 24.4. The minimum atomic E-state index is -3.81. The molecule has 0 spiro atoms. The zero-order chi connectivity index (χ0) is 14.6. The van der Waals surface area contributed by atoms with Gasteiger partial charge in [0.2, 0.25) is 0 Å². The summed E-state index contributed by atoms with van der Waals surface area (Å²) in [6.07, 6.45) is 2.22. The summed E-state index contributed by atoms with van der Waals surface area (Å²) in [7, 11) is 1.52. The molecule has 0 unspecified atom stereocenters. The third kappa shape index (κ3) is 3.73. The Labute approximate surface area is 118 Å². The molecule has 0 saturated heterocycles. The lowest BCUT2D eigenvalue weighted by Gasteiger charge is -2.19. The first kappa shape index (κ1) is 16.0. The highest BCUT2D eigenvalue weighted by molar-refractivity contribution is 8.13. The quantitative estimate of drug-likeness (QED) is 0.758. The molecule has 0 fully saturated rings. The highest BCUT2D eigenvalue weighted by Gasteiger charge is 2.22. The fourth-order valence-corrected chi connectivity index (χ4v) is 2.65. The molecule has 1 amide bonds. The van der Waals surface area contributed by atoms with Crippen molar-refractivity contribution in [1.82, 2.24) is 9.47 Å². The van der Waals surface area contributed by atoms with E-state index >= 15 is 0 Å². The first-order valence-corrected chi connectivity index (χ1v) is 8.60. The van der Waals surface area contributed by atoms with Crippen LogP contribution in [0.25, 0.3) is 0 Å². The first-order chi connectivity index (χ1) is 8.85. The van der Waals surface area contributed by atoms with E-state index in [9.17, 15) is 13.2 Å². The molecule has 5 nitrogen and oxygen atoms in total. The molecule has 0 aliphatic heterocycles. The second kappa shape index (κ2) is 6.43. The normalized spacial score (nSPS) is 11.6. The molecule has 0 atom stereocenters. The Morgan fingerprint density at radius 3 is 2.32 bits per heavy atom. The predicted molar refractivity (Wildman–Crippen MR) is 75.0 cm³/mol. The fraction of sp³-hybridized carbons (Fsp3) is 0.583. The minimum Gasteiger partial charge on any atom is -0.342 e. The van der Waals surface area contributed by atoms with E-state index in [0.717, 1.165) is 6.42 Å². The van der Waals surface area contributed by atoms with Gasteiger partial charge in [0.25, 0.3) is 15.0 Å². The Morgan fingerprint density at radius 2 is 1.89 bits per heavy atom. The summed E-state index contributed by atoms with van der Waals surface area (Å²) in [5.41, 5.74) is 0.366. The molecule has 19 heavy (non-hydrogen) atoms. The van der Waals surface area contributed by atoms with Crippen molar-refractivity contribution in [3.8, 4) is 0 Å². The van der Waals surface area contributed by atoms with Crippen molar-refractivity contribution in [2.45, 2.75) is 38.6 Å². The molecule has 1 rings (SSSR count). The Hall–Kier alpha value is -1.01. The molecule has 0 radical (unpaired) electrons. The van der Waals surface area contributed by atoms with E-state index in [1.807, 2.05) is 20.8 Å². The summed E-state index contributed by atoms with van der Waals surface area (Å²) in [6.45, 7) is 7.46. The number of amides is 1. The van der Waals surface area contributed by atoms with E-state index in [0.29, 0.717) is 25.3 Å². The van der Waals surface area contributed by atoms with E-state index in [1.54, 1.807) is 9.47 Å². The van der Waals surface area contributed by atoms with Crippen molar-refractivity contribution in [3.05, 3.63) is 18.0 Å². The van der Waals surface area contributed by atoms with Crippen LogP contribution in [0.4, 0.5) is 0 Å². The monoisotopic (exact) mass is 306 g/mol. The highest BCUT2D eigenvalue weighted by atomic mass is 35.7. The van der Waals surface area contributed by atoms with Crippen molar-refractivity contribution >= 4 is 25.6 Å². The van der Waals surface area contributed by atoms with Crippen LogP contribution in [0.5, 0.6) is 0 Å². The molecule has 1 aromatic heterocycles. The van der Waals surface area contributed by atoms with E-state index in [-0.39, 0.29) is 10.8 Å². The number of hydrogen-bond acceptors (Lipinski definition) is 3. The zero-order valence-corrected chi connectivity index (χ0v) is 13.0. The van der Waals surface area contributed by atoms with Crippen molar-refractivity contribution < 1.29 is 13.2 Å². The van der Waals surface area contributed by atoms with Crippen LogP contribution in [0.2, 0.25) is 0 Å². The van der Waals surface area contributed by atoms with Crippen LogP contribution in [-0.2, 0) is 15.6 Å². The summed E-state index contributed by atoms with van der Waals surface area (Å²) in [4.78, 5) is 13.9. The Kier molecular flexibility index (Phi) is 5.43. The minimum absolute atomic E-state index is 0.0295. The van der Waals surface area contributed by atoms with Gasteiger partial charge in [-0.3, -0.25) is 4.79 Å². The number of halogens is 1. The lowest BCUT2D eigenvalue weighted by Crippen LogP contribution is -2.32. The number of nitrogens with zero attached hydrogens (tertiary/aromatic N) is 2. The topological polar surface area (TPSA) is 59.4 Å². The van der Waals surface area contributed by atoms with Crippen molar-refractivity contribution in [1.29, 1.82) is 0 Å². The highest BCUT2D eigenvalue weighted by Crippen LogP contribution is 2.20. The van der Waals surface area contributed by atoms with Crippen LogP contribution < -0.4 is 0 Å². The first-order valence-electron chi connectivity index (χ1n) is 6.29. The molecule has 0 N–H and O–H groups in total. The number of rotatable bonds is 6. The molecule has 0 aromatic carbocycles. The van der Waals surface area contributed by atoms with Gasteiger partial charge in [-0.05, 0) is 26.3 Å². The number of aromatic nitrogens is 1. The van der Waals surface area contributed by atoms with Gasteiger partial charge in [-0.1, -0.05) is 6.92 Å². The maximum Gasteiger partial charge on any atom is 0.270 e. The van der Waals surface area contributed by atoms with E-state index in [4.69, 9.17) is 10.7 Å². The van der Waals surface area contributed by atoms with Gasteiger partial charge >= 0.3 is 0 Å². The summed E-state index contributed by atoms with van der Waals surface area (Å²) in [6, 6.07) is 1.35. The van der Waals surface area contributed by atoms with Gasteiger partial charge in [-0.25, -0.2) is 8.42 Å². The van der Waals surface area contributed by atoms with Gasteiger partial charge in [0.15, 0.2) is 0 Å². The van der Waals surface area contributed by atoms with Gasteiger partial charge in [0.05, 0.1) is 0 Å². The van der Waals surface area contributed by atoms with E-state index in [2.05, 4.69) is 0 Å². The molecule has 0 saturated carbocycles. The molecule has 0 aliphatic rings. The molecular weight excluding hydrogens is 288 g/mol. The third-order valence-corrected chi connectivity index (χ3v) is 4.21. The predicted octanol–water partition coefficient (Wildman–Crippen LogP) is 2.31. The number of hydrogen-bond donors (Lipinski definition) is 0. The summed E-state index contributed by atoms with van der Waals surface area (Å²) >= 11 is 0. The van der Waals surface area contributed by atoms with Crippen LogP contribution in [0, 0.1) is 0 Å². The van der Waals surface area contributed by atoms with Crippen molar-refractivity contribution in [2.75, 3.05) is 13.1 Å². The largest absolute Gasteiger partial charge is 0.342 e. The van der Waals surface area contributed by atoms with Crippen LogP contribution in [0.3, 0.4) is 0 Å². The molecule has 7 heteroatoms. The summed E-state index contributed by atoms with van der Waals surface area (Å²) in [5, 5.41) is 0. The number of carbonyl (C=O) groups excluding carboxylic acids is 1. The molecule has 1 heterocycles. The van der Waals surface area contributed by atoms with Gasteiger partial charge in [-0.2, -0.15) is 0 Å². The van der Waals surface area contributed by atoms with Gasteiger partial charge < -0.3 is 9.47 Å². The lowest BCUT2D eigenvalue weighted by atomic mass is 10.3. The van der Waals surface area contributed by atoms with Crippen molar-refractivity contribution in [2.24, 2.45) is 0 Å². The molecule has 0 bridgehead atoms. The Bertz CT molecular complexity index is 547. The van der Waals surface area contributed by atoms with Crippen LogP contribution >= 0.6 is 10.7 Å². The molecular formula is C12H19ClN2O3S. The molecule has 1 aromatic rings. The average Bonchev–Trinajstić information content (AvgIpc) is 2.75. The number of aryl methyl sites for hydroxylation is 1. The van der Waals surface area contributed by atoms with E-state index in [1.165, 1.54) is 12.3 Å². The maximum atomic E-state index is 12.3. The van der Waals surface area contributed by atoms with Gasteiger partial charge in [0, 0.05) is 36.5 Å². The van der Waals surface area contributed by atoms with E-state index < -0.39 is 9.05 Å². The average molecular weight is 307 g/mol. The Morgan fingerprint density at radius 1 is 1.32 bits per heavy atom. The van der Waals surface area contributed by atoms with Crippen molar-refractivity contribution in [3.63, 3.8) is 0 Å². The summed E-state index contributed by atoms with van der Waals surface area (Å²) in [5.74, 6) is -0.176.